The van der Waals surface area contributed by atoms with Crippen LogP contribution in [0.3, 0.4) is 0 Å². The summed E-state index contributed by atoms with van der Waals surface area (Å²) in [5, 5.41) is 8.78. The maximum Gasteiger partial charge on any atom is 0.354 e. The summed E-state index contributed by atoms with van der Waals surface area (Å²) < 4.78 is 0. The number of aromatic carboxylic acids is 1. The molecule has 5 heteroatoms. The maximum absolute atomic E-state index is 10.7. The van der Waals surface area contributed by atoms with E-state index in [-0.39, 0.29) is 5.69 Å². The van der Waals surface area contributed by atoms with E-state index in [4.69, 9.17) is 5.11 Å². The minimum absolute atomic E-state index is 0.116. The second kappa shape index (κ2) is 6.50. The summed E-state index contributed by atoms with van der Waals surface area (Å²) in [5.74, 6) is 0.807. The molecule has 0 bridgehead atoms. The number of pyridine rings is 1. The number of nitrogens with zero attached hydrogens (tertiary/aromatic N) is 2. The van der Waals surface area contributed by atoms with E-state index in [2.05, 4.69) is 9.88 Å². The Morgan fingerprint density at radius 1 is 1.50 bits per heavy atom. The molecular weight excluding hydrogens is 224 g/mol. The van der Waals surface area contributed by atoms with Gasteiger partial charge in [-0.3, -0.25) is 0 Å². The van der Waals surface area contributed by atoms with Gasteiger partial charge in [-0.05, 0) is 26.2 Å². The van der Waals surface area contributed by atoms with Gasteiger partial charge in [0, 0.05) is 18.1 Å². The third-order valence-electron chi connectivity index (χ3n) is 1.96. The van der Waals surface area contributed by atoms with E-state index in [0.29, 0.717) is 0 Å². The van der Waals surface area contributed by atoms with E-state index in [0.717, 1.165) is 23.7 Å². The van der Waals surface area contributed by atoms with Crippen LogP contribution in [0.1, 0.15) is 16.2 Å². The normalized spacial score (nSPS) is 10.7. The Bertz CT molecular complexity index is 356. The zero-order chi connectivity index (χ0) is 12.0. The van der Waals surface area contributed by atoms with E-state index in [9.17, 15) is 4.79 Å². The molecule has 0 saturated heterocycles. The van der Waals surface area contributed by atoms with Crippen molar-refractivity contribution in [1.82, 2.24) is 9.88 Å². The van der Waals surface area contributed by atoms with E-state index < -0.39 is 5.97 Å². The van der Waals surface area contributed by atoms with E-state index in [1.165, 1.54) is 6.07 Å². The van der Waals surface area contributed by atoms with Crippen molar-refractivity contribution in [3.8, 4) is 0 Å². The molecule has 0 atom stereocenters. The van der Waals surface area contributed by atoms with Gasteiger partial charge in [-0.1, -0.05) is 6.07 Å². The highest BCUT2D eigenvalue weighted by Crippen LogP contribution is 2.10. The molecule has 1 N–H and O–H groups in total. The summed E-state index contributed by atoms with van der Waals surface area (Å²) in [6, 6.07) is 5.10. The smallest absolute Gasteiger partial charge is 0.354 e. The van der Waals surface area contributed by atoms with Gasteiger partial charge in [-0.2, -0.15) is 11.8 Å². The molecule has 0 amide bonds. The van der Waals surface area contributed by atoms with E-state index >= 15 is 0 Å². The minimum Gasteiger partial charge on any atom is -0.477 e. The highest BCUT2D eigenvalue weighted by molar-refractivity contribution is 7.98. The molecule has 1 heterocycles. The molecule has 0 fully saturated rings. The molecule has 1 aromatic heterocycles. The van der Waals surface area contributed by atoms with Crippen molar-refractivity contribution in [2.75, 3.05) is 26.4 Å². The van der Waals surface area contributed by atoms with Crippen LogP contribution in [0.5, 0.6) is 0 Å². The Labute approximate surface area is 99.7 Å². The predicted molar refractivity (Wildman–Crippen MR) is 65.9 cm³/mol. The van der Waals surface area contributed by atoms with Crippen molar-refractivity contribution >= 4 is 17.7 Å². The molecule has 0 radical (unpaired) electrons. The van der Waals surface area contributed by atoms with Gasteiger partial charge in [-0.15, -0.1) is 0 Å². The molecular formula is C11H16N2O2S. The summed E-state index contributed by atoms with van der Waals surface area (Å²) in [4.78, 5) is 16.9. The first kappa shape index (κ1) is 13.0. The van der Waals surface area contributed by atoms with Gasteiger partial charge in [0.05, 0.1) is 5.69 Å². The fourth-order valence-electron chi connectivity index (χ4n) is 1.10. The minimum atomic E-state index is -0.972. The first-order valence-corrected chi connectivity index (χ1v) is 6.17. The van der Waals surface area contributed by atoms with Gasteiger partial charge in [0.25, 0.3) is 0 Å². The van der Waals surface area contributed by atoms with Gasteiger partial charge in [-0.25, -0.2) is 9.78 Å². The highest BCUT2D eigenvalue weighted by Gasteiger charge is 2.04. The van der Waals surface area contributed by atoms with Gasteiger partial charge < -0.3 is 10.0 Å². The Morgan fingerprint density at radius 2 is 2.25 bits per heavy atom. The van der Waals surface area contributed by atoms with Crippen LogP contribution < -0.4 is 0 Å². The lowest BCUT2D eigenvalue weighted by atomic mass is 10.3. The molecule has 0 aromatic carbocycles. The van der Waals surface area contributed by atoms with Crippen LogP contribution in [0, 0.1) is 0 Å². The zero-order valence-electron chi connectivity index (χ0n) is 9.51. The molecule has 4 nitrogen and oxygen atoms in total. The lowest BCUT2D eigenvalue weighted by Crippen LogP contribution is -2.14. The van der Waals surface area contributed by atoms with Crippen LogP contribution in [0.25, 0.3) is 0 Å². The van der Waals surface area contributed by atoms with E-state index in [1.807, 2.05) is 20.2 Å². The molecule has 88 valence electrons. The summed E-state index contributed by atoms with van der Waals surface area (Å²) in [6.07, 6.45) is 0. The number of carboxylic acid groups (broad SMARTS) is 1. The first-order valence-electron chi connectivity index (χ1n) is 5.01. The van der Waals surface area contributed by atoms with Crippen LogP contribution in [-0.2, 0) is 5.75 Å². The molecule has 1 rings (SSSR count). The summed E-state index contributed by atoms with van der Waals surface area (Å²) >= 11 is 1.76. The summed E-state index contributed by atoms with van der Waals surface area (Å²) in [6.45, 7) is 1.02. The largest absolute Gasteiger partial charge is 0.477 e. The first-order chi connectivity index (χ1) is 7.59. The van der Waals surface area contributed by atoms with Crippen molar-refractivity contribution in [3.63, 3.8) is 0 Å². The van der Waals surface area contributed by atoms with Crippen LogP contribution in [0.15, 0.2) is 18.2 Å². The van der Waals surface area contributed by atoms with Crippen molar-refractivity contribution in [1.29, 1.82) is 0 Å². The number of carboxylic acids is 1. The molecule has 0 aliphatic rings. The quantitative estimate of drug-likeness (QED) is 0.765. The third-order valence-corrected chi connectivity index (χ3v) is 2.93. The van der Waals surface area contributed by atoms with Crippen LogP contribution in [0.2, 0.25) is 0 Å². The second-order valence-electron chi connectivity index (χ2n) is 3.68. The average Bonchev–Trinajstić information content (AvgIpc) is 2.24. The molecule has 0 saturated carbocycles. The van der Waals surface area contributed by atoms with Crippen LogP contribution in [0.4, 0.5) is 0 Å². The fraction of sp³-hybridized carbons (Fsp3) is 0.455. The standard InChI is InChI=1S/C11H16N2O2S/c1-13(2)6-7-16-8-9-4-3-5-10(12-9)11(14)15/h3-5H,6-8H2,1-2H3,(H,14,15). The van der Waals surface area contributed by atoms with Crippen LogP contribution in [-0.4, -0.2) is 47.4 Å². The van der Waals surface area contributed by atoms with Gasteiger partial charge >= 0.3 is 5.97 Å². The van der Waals surface area contributed by atoms with E-state index in [1.54, 1.807) is 17.8 Å². The molecule has 16 heavy (non-hydrogen) atoms. The number of hydrogen-bond acceptors (Lipinski definition) is 4. The summed E-state index contributed by atoms with van der Waals surface area (Å²) in [5.41, 5.74) is 0.939. The summed E-state index contributed by atoms with van der Waals surface area (Å²) in [7, 11) is 4.06. The van der Waals surface area contributed by atoms with Crippen molar-refractivity contribution in [2.45, 2.75) is 5.75 Å². The SMILES string of the molecule is CN(C)CCSCc1cccc(C(=O)O)n1. The number of thioether (sulfide) groups is 1. The van der Waals surface area contributed by atoms with Gasteiger partial charge in [0.1, 0.15) is 5.69 Å². The molecule has 0 unspecified atom stereocenters. The second-order valence-corrected chi connectivity index (χ2v) is 4.78. The van der Waals surface area contributed by atoms with Gasteiger partial charge in [0.2, 0.25) is 0 Å². The predicted octanol–water partition coefficient (Wildman–Crippen LogP) is 1.57. The lowest BCUT2D eigenvalue weighted by Gasteiger charge is -2.08. The maximum atomic E-state index is 10.7. The van der Waals surface area contributed by atoms with Crippen molar-refractivity contribution in [2.24, 2.45) is 0 Å². The Hall–Kier alpha value is -1.07. The average molecular weight is 240 g/mol. The molecule has 0 spiro atoms. The van der Waals surface area contributed by atoms with Crippen molar-refractivity contribution in [3.05, 3.63) is 29.6 Å². The number of hydrogen-bond donors (Lipinski definition) is 1. The lowest BCUT2D eigenvalue weighted by molar-refractivity contribution is 0.0690. The number of rotatable bonds is 6. The topological polar surface area (TPSA) is 53.4 Å². The molecule has 1 aromatic rings. The Morgan fingerprint density at radius 3 is 2.88 bits per heavy atom. The Kier molecular flexibility index (Phi) is 5.28. The third kappa shape index (κ3) is 4.63. The molecule has 0 aliphatic heterocycles. The van der Waals surface area contributed by atoms with Crippen LogP contribution >= 0.6 is 11.8 Å². The monoisotopic (exact) mass is 240 g/mol. The fourth-order valence-corrected chi connectivity index (χ4v) is 2.11. The number of aromatic nitrogens is 1. The molecule has 0 aliphatic carbocycles. The van der Waals surface area contributed by atoms with Crippen molar-refractivity contribution < 1.29 is 9.90 Å². The highest BCUT2D eigenvalue weighted by atomic mass is 32.2. The zero-order valence-corrected chi connectivity index (χ0v) is 10.3. The Balaban J connectivity index is 2.42. The van der Waals surface area contributed by atoms with Gasteiger partial charge in [0.15, 0.2) is 0 Å². The number of carbonyl (C=O) groups is 1.